The van der Waals surface area contributed by atoms with Crippen LogP contribution in [0.4, 0.5) is 5.82 Å². The van der Waals surface area contributed by atoms with Crippen molar-refractivity contribution in [1.82, 2.24) is 19.9 Å². The van der Waals surface area contributed by atoms with Crippen LogP contribution in [0.5, 0.6) is 0 Å². The first-order valence-electron chi connectivity index (χ1n) is 8.34. The number of rotatable bonds is 3. The van der Waals surface area contributed by atoms with Gasteiger partial charge in [-0.25, -0.2) is 9.97 Å². The Labute approximate surface area is 141 Å². The minimum atomic E-state index is 0.169. The molecule has 0 saturated carbocycles. The number of aromatic nitrogens is 3. The van der Waals surface area contributed by atoms with Crippen LogP contribution in [0.15, 0.2) is 41.1 Å². The first-order valence-corrected chi connectivity index (χ1v) is 8.34. The van der Waals surface area contributed by atoms with Gasteiger partial charge in [-0.05, 0) is 26.0 Å². The van der Waals surface area contributed by atoms with Gasteiger partial charge in [0, 0.05) is 38.6 Å². The molecule has 0 amide bonds. The van der Waals surface area contributed by atoms with Gasteiger partial charge < -0.3 is 9.32 Å². The van der Waals surface area contributed by atoms with Gasteiger partial charge in [-0.2, -0.15) is 0 Å². The monoisotopic (exact) mass is 323 g/mol. The Balaban J connectivity index is 1.46. The summed E-state index contributed by atoms with van der Waals surface area (Å²) in [5.41, 5.74) is 2.76. The Bertz CT molecular complexity index is 805. The number of para-hydroxylation sites is 2. The van der Waals surface area contributed by atoms with Gasteiger partial charge in [0.25, 0.3) is 0 Å². The van der Waals surface area contributed by atoms with E-state index in [9.17, 15) is 0 Å². The maximum Gasteiger partial charge on any atom is 0.212 e. The van der Waals surface area contributed by atoms with Gasteiger partial charge in [-0.1, -0.05) is 12.1 Å². The molecule has 6 nitrogen and oxygen atoms in total. The predicted molar refractivity (Wildman–Crippen MR) is 93.0 cm³/mol. The third kappa shape index (κ3) is 2.73. The second-order valence-electron chi connectivity index (χ2n) is 6.18. The van der Waals surface area contributed by atoms with E-state index < -0.39 is 0 Å². The van der Waals surface area contributed by atoms with Crippen LogP contribution < -0.4 is 4.90 Å². The Morgan fingerprint density at radius 1 is 1.04 bits per heavy atom. The fourth-order valence-corrected chi connectivity index (χ4v) is 3.26. The molecule has 1 unspecified atom stereocenters. The number of hydrogen-bond acceptors (Lipinski definition) is 6. The van der Waals surface area contributed by atoms with Crippen molar-refractivity contribution in [1.29, 1.82) is 0 Å². The normalized spacial score (nSPS) is 17.3. The van der Waals surface area contributed by atoms with Gasteiger partial charge in [0.05, 0.1) is 11.7 Å². The van der Waals surface area contributed by atoms with Crippen LogP contribution in [0.25, 0.3) is 11.1 Å². The first-order chi connectivity index (χ1) is 11.7. The largest absolute Gasteiger partial charge is 0.439 e. The molecule has 1 saturated heterocycles. The summed E-state index contributed by atoms with van der Waals surface area (Å²) in [7, 11) is 0. The Morgan fingerprint density at radius 3 is 2.54 bits per heavy atom. The van der Waals surface area contributed by atoms with Crippen LogP contribution in [-0.4, -0.2) is 46.0 Å². The molecule has 0 spiro atoms. The van der Waals surface area contributed by atoms with Crippen LogP contribution in [0, 0.1) is 6.92 Å². The highest BCUT2D eigenvalue weighted by molar-refractivity contribution is 5.72. The zero-order valence-corrected chi connectivity index (χ0v) is 14.0. The van der Waals surface area contributed by atoms with Gasteiger partial charge in [-0.3, -0.25) is 9.88 Å². The quantitative estimate of drug-likeness (QED) is 0.739. The second kappa shape index (κ2) is 6.20. The van der Waals surface area contributed by atoms with Gasteiger partial charge >= 0.3 is 0 Å². The minimum absolute atomic E-state index is 0.169. The van der Waals surface area contributed by atoms with Crippen molar-refractivity contribution in [2.45, 2.75) is 19.9 Å². The molecule has 1 aliphatic heterocycles. The summed E-state index contributed by atoms with van der Waals surface area (Å²) in [6.07, 6.45) is 3.50. The molecule has 1 aromatic carbocycles. The number of fused-ring (bicyclic) bond motifs is 1. The van der Waals surface area contributed by atoms with E-state index >= 15 is 0 Å². The molecular formula is C18H21N5O. The summed E-state index contributed by atoms with van der Waals surface area (Å²) in [6.45, 7) is 7.95. The molecule has 1 aliphatic rings. The van der Waals surface area contributed by atoms with E-state index in [4.69, 9.17) is 4.42 Å². The molecule has 2 aromatic heterocycles. The number of aryl methyl sites for hydroxylation is 1. The average Bonchev–Trinajstić information content (AvgIpc) is 3.06. The highest BCUT2D eigenvalue weighted by Crippen LogP contribution is 2.26. The Kier molecular flexibility index (Phi) is 3.90. The molecule has 3 heterocycles. The van der Waals surface area contributed by atoms with E-state index in [1.807, 2.05) is 31.2 Å². The van der Waals surface area contributed by atoms with Crippen LogP contribution in [0.2, 0.25) is 0 Å². The zero-order valence-electron chi connectivity index (χ0n) is 14.0. The SMILES string of the molecule is Cc1nccnc1N1CCN(C(C)c2nc3ccccc3o2)CC1. The molecule has 24 heavy (non-hydrogen) atoms. The number of anilines is 1. The fourth-order valence-electron chi connectivity index (χ4n) is 3.26. The Morgan fingerprint density at radius 2 is 1.79 bits per heavy atom. The maximum absolute atomic E-state index is 5.92. The lowest BCUT2D eigenvalue weighted by molar-refractivity contribution is 0.175. The molecule has 0 aliphatic carbocycles. The molecule has 6 heteroatoms. The van der Waals surface area contributed by atoms with Crippen molar-refractivity contribution in [3.05, 3.63) is 48.2 Å². The second-order valence-corrected chi connectivity index (χ2v) is 6.18. The molecule has 0 bridgehead atoms. The summed E-state index contributed by atoms with van der Waals surface area (Å²) in [5.74, 6) is 1.78. The van der Waals surface area contributed by atoms with Crippen molar-refractivity contribution in [2.24, 2.45) is 0 Å². The standard InChI is InChI=1S/C18H21N5O/c1-13-17(20-8-7-19-13)23-11-9-22(10-12-23)14(2)18-21-15-5-3-4-6-16(15)24-18/h3-8,14H,9-12H2,1-2H3. The smallest absolute Gasteiger partial charge is 0.212 e. The lowest BCUT2D eigenvalue weighted by Gasteiger charge is -2.37. The van der Waals surface area contributed by atoms with E-state index in [0.717, 1.165) is 54.7 Å². The van der Waals surface area contributed by atoms with Crippen LogP contribution in [-0.2, 0) is 0 Å². The molecule has 0 radical (unpaired) electrons. The number of oxazole rings is 1. The van der Waals surface area contributed by atoms with Crippen molar-refractivity contribution in [3.8, 4) is 0 Å². The first kappa shape index (κ1) is 15.1. The lowest BCUT2D eigenvalue weighted by atomic mass is 10.2. The van der Waals surface area contributed by atoms with E-state index in [0.29, 0.717) is 0 Å². The van der Waals surface area contributed by atoms with Crippen molar-refractivity contribution < 1.29 is 4.42 Å². The number of nitrogens with zero attached hydrogens (tertiary/aromatic N) is 5. The number of piperazine rings is 1. The third-order valence-corrected chi connectivity index (χ3v) is 4.68. The number of hydrogen-bond donors (Lipinski definition) is 0. The third-order valence-electron chi connectivity index (χ3n) is 4.68. The molecule has 3 aromatic rings. The topological polar surface area (TPSA) is 58.3 Å². The van der Waals surface area contributed by atoms with Crippen LogP contribution in [0.3, 0.4) is 0 Å². The fraction of sp³-hybridized carbons (Fsp3) is 0.389. The highest BCUT2D eigenvalue weighted by Gasteiger charge is 2.26. The minimum Gasteiger partial charge on any atom is -0.439 e. The van der Waals surface area contributed by atoms with Gasteiger partial charge in [0.2, 0.25) is 5.89 Å². The summed E-state index contributed by atoms with van der Waals surface area (Å²) < 4.78 is 5.92. The van der Waals surface area contributed by atoms with Gasteiger partial charge in [0.15, 0.2) is 5.58 Å². The molecule has 0 N–H and O–H groups in total. The lowest BCUT2D eigenvalue weighted by Crippen LogP contribution is -2.47. The predicted octanol–water partition coefficient (Wildman–Crippen LogP) is 2.81. The summed E-state index contributed by atoms with van der Waals surface area (Å²) in [4.78, 5) is 18.2. The summed E-state index contributed by atoms with van der Waals surface area (Å²) in [5, 5.41) is 0. The van der Waals surface area contributed by atoms with Crippen molar-refractivity contribution in [2.75, 3.05) is 31.1 Å². The van der Waals surface area contributed by atoms with E-state index in [1.54, 1.807) is 12.4 Å². The van der Waals surface area contributed by atoms with E-state index in [2.05, 4.69) is 31.7 Å². The van der Waals surface area contributed by atoms with Gasteiger partial charge in [-0.15, -0.1) is 0 Å². The summed E-state index contributed by atoms with van der Waals surface area (Å²) in [6, 6.07) is 8.09. The maximum atomic E-state index is 5.92. The number of benzene rings is 1. The molecular weight excluding hydrogens is 302 g/mol. The molecule has 4 rings (SSSR count). The highest BCUT2D eigenvalue weighted by atomic mass is 16.3. The van der Waals surface area contributed by atoms with Crippen LogP contribution in [0.1, 0.15) is 24.6 Å². The zero-order chi connectivity index (χ0) is 16.5. The van der Waals surface area contributed by atoms with E-state index in [-0.39, 0.29) is 6.04 Å². The molecule has 1 fully saturated rings. The van der Waals surface area contributed by atoms with Gasteiger partial charge in [0.1, 0.15) is 11.3 Å². The Hall–Kier alpha value is -2.47. The van der Waals surface area contributed by atoms with Crippen molar-refractivity contribution >= 4 is 16.9 Å². The molecule has 1 atom stereocenters. The average molecular weight is 323 g/mol. The van der Waals surface area contributed by atoms with E-state index in [1.165, 1.54) is 0 Å². The summed E-state index contributed by atoms with van der Waals surface area (Å²) >= 11 is 0. The van der Waals surface area contributed by atoms with Crippen molar-refractivity contribution in [3.63, 3.8) is 0 Å². The molecule has 124 valence electrons. The van der Waals surface area contributed by atoms with Crippen LogP contribution >= 0.6 is 0 Å².